The van der Waals surface area contributed by atoms with E-state index in [0.29, 0.717) is 13.0 Å². The van der Waals surface area contributed by atoms with Crippen molar-refractivity contribution in [1.29, 1.82) is 0 Å². The molecule has 0 spiro atoms. The average molecular weight is 326 g/mol. The number of amides is 1. The quantitative estimate of drug-likeness (QED) is 0.821. The molecule has 22 heavy (non-hydrogen) atoms. The Labute approximate surface area is 129 Å². The van der Waals surface area contributed by atoms with Gasteiger partial charge in [-0.3, -0.25) is 4.79 Å². The Hall–Kier alpha value is -1.93. The second-order valence-corrected chi connectivity index (χ2v) is 7.01. The van der Waals surface area contributed by atoms with Crippen molar-refractivity contribution in [3.05, 3.63) is 29.8 Å². The molecule has 0 aromatic heterocycles. The Kier molecular flexibility index (Phi) is 4.82. The van der Waals surface area contributed by atoms with Crippen LogP contribution in [0, 0.1) is 5.92 Å². The lowest BCUT2D eigenvalue weighted by Gasteiger charge is -2.16. The first-order chi connectivity index (χ1) is 10.4. The van der Waals surface area contributed by atoms with Gasteiger partial charge in [0.25, 0.3) is 0 Å². The highest BCUT2D eigenvalue weighted by molar-refractivity contribution is 7.89. The van der Waals surface area contributed by atoms with Gasteiger partial charge in [0.1, 0.15) is 0 Å². The number of carboxylic acids is 1. The zero-order chi connectivity index (χ0) is 16.3. The molecule has 1 aliphatic heterocycles. The fourth-order valence-electron chi connectivity index (χ4n) is 2.40. The number of hydrogen-bond acceptors (Lipinski definition) is 4. The van der Waals surface area contributed by atoms with Gasteiger partial charge in [-0.25, -0.2) is 13.2 Å². The monoisotopic (exact) mass is 326 g/mol. The summed E-state index contributed by atoms with van der Waals surface area (Å²) in [4.78, 5) is 22.6. The second-order valence-electron chi connectivity index (χ2n) is 5.07. The maximum Gasteiger partial charge on any atom is 0.335 e. The molecule has 7 nitrogen and oxygen atoms in total. The molecular weight excluding hydrogens is 308 g/mol. The summed E-state index contributed by atoms with van der Waals surface area (Å²) in [6, 6.07) is 5.07. The molecular formula is C14H18N2O5S. The molecule has 8 heteroatoms. The van der Waals surface area contributed by atoms with E-state index in [1.807, 2.05) is 6.92 Å². The fourth-order valence-corrected chi connectivity index (χ4v) is 3.90. The lowest BCUT2D eigenvalue weighted by atomic mass is 10.1. The van der Waals surface area contributed by atoms with Crippen molar-refractivity contribution >= 4 is 21.9 Å². The van der Waals surface area contributed by atoms with E-state index in [4.69, 9.17) is 5.11 Å². The number of nitrogens with zero attached hydrogens (tertiary/aromatic N) is 1. The summed E-state index contributed by atoms with van der Waals surface area (Å²) in [5, 5.41) is 11.5. The smallest absolute Gasteiger partial charge is 0.335 e. The van der Waals surface area contributed by atoms with Gasteiger partial charge in [0.15, 0.2) is 0 Å². The molecule has 0 bridgehead atoms. The minimum absolute atomic E-state index is 0.0283. The van der Waals surface area contributed by atoms with Crippen LogP contribution < -0.4 is 5.32 Å². The standard InChI is InChI=1S/C14H18N2O5S/c1-2-15-13(17)11-7-8-16(9-11)22(20,21)12-5-3-10(4-6-12)14(18)19/h3-6,11H,2,7-9H2,1H3,(H,15,17)(H,18,19). The van der Waals surface area contributed by atoms with Crippen molar-refractivity contribution in [2.75, 3.05) is 19.6 Å². The van der Waals surface area contributed by atoms with Crippen LogP contribution in [0.5, 0.6) is 0 Å². The maximum atomic E-state index is 12.5. The van der Waals surface area contributed by atoms with E-state index in [1.54, 1.807) is 0 Å². The molecule has 0 radical (unpaired) electrons. The molecule has 1 aromatic carbocycles. The highest BCUT2D eigenvalue weighted by Crippen LogP contribution is 2.24. The third kappa shape index (κ3) is 3.28. The lowest BCUT2D eigenvalue weighted by molar-refractivity contribution is -0.124. The number of benzene rings is 1. The van der Waals surface area contributed by atoms with Gasteiger partial charge >= 0.3 is 5.97 Å². The van der Waals surface area contributed by atoms with Gasteiger partial charge in [-0.2, -0.15) is 4.31 Å². The highest BCUT2D eigenvalue weighted by atomic mass is 32.2. The van der Waals surface area contributed by atoms with Crippen molar-refractivity contribution in [2.45, 2.75) is 18.2 Å². The Balaban J connectivity index is 2.14. The lowest BCUT2D eigenvalue weighted by Crippen LogP contribution is -2.34. The van der Waals surface area contributed by atoms with Crippen molar-refractivity contribution in [2.24, 2.45) is 5.92 Å². The van der Waals surface area contributed by atoms with Crippen LogP contribution in [0.4, 0.5) is 0 Å². The normalized spacial score (nSPS) is 19.0. The van der Waals surface area contributed by atoms with Crippen LogP contribution in [-0.2, 0) is 14.8 Å². The molecule has 1 unspecified atom stereocenters. The van der Waals surface area contributed by atoms with E-state index in [-0.39, 0.29) is 35.4 Å². The first-order valence-electron chi connectivity index (χ1n) is 6.97. The molecule has 2 N–H and O–H groups in total. The Bertz CT molecular complexity index is 669. The predicted octanol–water partition coefficient (Wildman–Crippen LogP) is 0.531. The number of sulfonamides is 1. The minimum Gasteiger partial charge on any atom is -0.478 e. The molecule has 1 amide bonds. The maximum absolute atomic E-state index is 12.5. The first-order valence-corrected chi connectivity index (χ1v) is 8.41. The van der Waals surface area contributed by atoms with E-state index in [1.165, 1.54) is 28.6 Å². The van der Waals surface area contributed by atoms with Gasteiger partial charge in [-0.05, 0) is 37.6 Å². The van der Waals surface area contributed by atoms with Crippen LogP contribution in [0.1, 0.15) is 23.7 Å². The SMILES string of the molecule is CCNC(=O)C1CCN(S(=O)(=O)c2ccc(C(=O)O)cc2)C1. The topological polar surface area (TPSA) is 104 Å². The van der Waals surface area contributed by atoms with E-state index in [2.05, 4.69) is 5.32 Å². The Morgan fingerprint density at radius 3 is 2.50 bits per heavy atom. The number of hydrogen-bond donors (Lipinski definition) is 2. The second kappa shape index (κ2) is 6.45. The van der Waals surface area contributed by atoms with Crippen molar-refractivity contribution < 1.29 is 23.1 Å². The molecule has 120 valence electrons. The van der Waals surface area contributed by atoms with Crippen molar-refractivity contribution in [3.63, 3.8) is 0 Å². The molecule has 1 atom stereocenters. The van der Waals surface area contributed by atoms with Crippen LogP contribution in [-0.4, -0.2) is 49.3 Å². The number of carbonyl (C=O) groups excluding carboxylic acids is 1. The summed E-state index contributed by atoms with van der Waals surface area (Å²) in [5.41, 5.74) is 0.0283. The van der Waals surface area contributed by atoms with Gasteiger partial charge in [0.2, 0.25) is 15.9 Å². The summed E-state index contributed by atoms with van der Waals surface area (Å²) in [6.07, 6.45) is 0.484. The van der Waals surface area contributed by atoms with Crippen molar-refractivity contribution in [3.8, 4) is 0 Å². The Morgan fingerprint density at radius 2 is 1.95 bits per heavy atom. The fraction of sp³-hybridized carbons (Fsp3) is 0.429. The summed E-state index contributed by atoms with van der Waals surface area (Å²) >= 11 is 0. The van der Waals surface area contributed by atoms with Crippen LogP contribution in [0.25, 0.3) is 0 Å². The summed E-state index contributed by atoms with van der Waals surface area (Å²) < 4.78 is 26.2. The molecule has 1 aromatic rings. The van der Waals surface area contributed by atoms with Crippen molar-refractivity contribution in [1.82, 2.24) is 9.62 Å². The van der Waals surface area contributed by atoms with Gasteiger partial charge in [0, 0.05) is 19.6 Å². The number of rotatable bonds is 5. The Morgan fingerprint density at radius 1 is 1.32 bits per heavy atom. The van der Waals surface area contributed by atoms with Crippen LogP contribution in [0.2, 0.25) is 0 Å². The predicted molar refractivity (Wildman–Crippen MR) is 79.0 cm³/mol. The largest absolute Gasteiger partial charge is 0.478 e. The molecule has 1 aliphatic rings. The molecule has 1 saturated heterocycles. The zero-order valence-electron chi connectivity index (χ0n) is 12.2. The van der Waals surface area contributed by atoms with Crippen LogP contribution >= 0.6 is 0 Å². The van der Waals surface area contributed by atoms with Gasteiger partial charge in [0.05, 0.1) is 16.4 Å². The summed E-state index contributed by atoms with van der Waals surface area (Å²) in [6.45, 7) is 2.75. The highest BCUT2D eigenvalue weighted by Gasteiger charge is 2.35. The number of carboxylic acid groups (broad SMARTS) is 1. The number of aromatic carboxylic acids is 1. The number of nitrogens with one attached hydrogen (secondary N) is 1. The van der Waals surface area contributed by atoms with Gasteiger partial charge in [-0.15, -0.1) is 0 Å². The van der Waals surface area contributed by atoms with E-state index < -0.39 is 16.0 Å². The van der Waals surface area contributed by atoms with Gasteiger partial charge in [-0.1, -0.05) is 0 Å². The van der Waals surface area contributed by atoms with Gasteiger partial charge < -0.3 is 10.4 Å². The summed E-state index contributed by atoms with van der Waals surface area (Å²) in [7, 11) is -3.70. The zero-order valence-corrected chi connectivity index (χ0v) is 13.0. The van der Waals surface area contributed by atoms with E-state index >= 15 is 0 Å². The third-order valence-corrected chi connectivity index (χ3v) is 5.49. The minimum atomic E-state index is -3.70. The first kappa shape index (κ1) is 16.4. The molecule has 0 saturated carbocycles. The number of carbonyl (C=O) groups is 2. The van der Waals surface area contributed by atoms with Crippen LogP contribution in [0.15, 0.2) is 29.2 Å². The van der Waals surface area contributed by atoms with Crippen LogP contribution in [0.3, 0.4) is 0 Å². The molecule has 1 heterocycles. The van der Waals surface area contributed by atoms with E-state index in [9.17, 15) is 18.0 Å². The van der Waals surface area contributed by atoms with E-state index in [0.717, 1.165) is 0 Å². The average Bonchev–Trinajstić information content (AvgIpc) is 2.98. The molecule has 0 aliphatic carbocycles. The molecule has 1 fully saturated rings. The summed E-state index contributed by atoms with van der Waals surface area (Å²) in [5.74, 6) is -1.59. The third-order valence-electron chi connectivity index (χ3n) is 3.61. The molecule has 2 rings (SSSR count).